The number of nitrogens with zero attached hydrogens (tertiary/aromatic N) is 5. The number of methoxy groups -OCH3 is 1. The van der Waals surface area contributed by atoms with Gasteiger partial charge < -0.3 is 34.7 Å². The van der Waals surface area contributed by atoms with Crippen molar-refractivity contribution in [2.45, 2.75) is 70.3 Å². The highest BCUT2D eigenvalue weighted by molar-refractivity contribution is 8.56. The Labute approximate surface area is 251 Å². The molecule has 5 N–H and O–H groups in total. The largest absolute Gasteiger partial charge is 0.479 e. The molecule has 19 heteroatoms. The topological polar surface area (TPSA) is 231 Å². The summed E-state index contributed by atoms with van der Waals surface area (Å²) in [5.74, 6) is -2.27. The molecule has 2 fully saturated rings. The molecule has 0 saturated carbocycles. The summed E-state index contributed by atoms with van der Waals surface area (Å²) in [7, 11) is 2.75. The molecule has 4 rings (SSSR count). The Bertz CT molecular complexity index is 1440. The van der Waals surface area contributed by atoms with Crippen LogP contribution < -0.4 is 15.6 Å². The van der Waals surface area contributed by atoms with Crippen molar-refractivity contribution in [3.8, 4) is 5.88 Å². The molecule has 43 heavy (non-hydrogen) atoms. The van der Waals surface area contributed by atoms with Gasteiger partial charge in [0, 0.05) is 19.2 Å². The van der Waals surface area contributed by atoms with Gasteiger partial charge in [0.1, 0.15) is 23.9 Å². The molecular weight excluding hydrogens is 609 g/mol. The first-order chi connectivity index (χ1) is 20.1. The molecule has 238 valence electrons. The van der Waals surface area contributed by atoms with Gasteiger partial charge in [-0.05, 0) is 27.7 Å². The number of hydrogen-bond donors (Lipinski definition) is 4. The Kier molecular flexibility index (Phi) is 9.71. The van der Waals surface area contributed by atoms with Crippen LogP contribution >= 0.6 is 18.1 Å². The van der Waals surface area contributed by atoms with Crippen molar-refractivity contribution >= 4 is 53.0 Å². The Morgan fingerprint density at radius 3 is 2.65 bits per heavy atom. The molecule has 2 aromatic heterocycles. The van der Waals surface area contributed by atoms with Gasteiger partial charge >= 0.3 is 12.7 Å². The summed E-state index contributed by atoms with van der Waals surface area (Å²) in [4.78, 5) is 50.2. The van der Waals surface area contributed by atoms with E-state index in [1.807, 2.05) is 0 Å². The summed E-state index contributed by atoms with van der Waals surface area (Å²) in [5, 5.41) is 24.9. The number of aliphatic hydroxyl groups is 2. The van der Waals surface area contributed by atoms with Crippen LogP contribution in [-0.2, 0) is 32.9 Å². The Morgan fingerprint density at radius 2 is 2.05 bits per heavy atom. The monoisotopic (exact) mass is 645 g/mol. The number of nitrogens with one attached hydrogen (secondary N) is 1. The molecule has 17 nitrogen and oxygen atoms in total. The molecule has 0 aliphatic carbocycles. The number of carbonyl (C=O) groups is 3. The lowest BCUT2D eigenvalue weighted by Gasteiger charge is -2.27. The van der Waals surface area contributed by atoms with E-state index < -0.39 is 67.3 Å². The average molecular weight is 646 g/mol. The van der Waals surface area contributed by atoms with Crippen LogP contribution in [0.5, 0.6) is 5.88 Å². The van der Waals surface area contributed by atoms with Crippen LogP contribution in [0.15, 0.2) is 6.33 Å². The molecular formula is C24H36N7O10PS. The van der Waals surface area contributed by atoms with Crippen molar-refractivity contribution in [2.75, 3.05) is 32.3 Å². The highest BCUT2D eigenvalue weighted by Gasteiger charge is 2.54. The maximum atomic E-state index is 14.0. The fourth-order valence-electron chi connectivity index (χ4n) is 4.66. The van der Waals surface area contributed by atoms with Gasteiger partial charge in [0.05, 0.1) is 32.1 Å². The summed E-state index contributed by atoms with van der Waals surface area (Å²) >= 11 is 0.739. The molecule has 0 aromatic carbocycles. The number of hydrogen-bond acceptors (Lipinski definition) is 15. The number of fused-ring (bicyclic) bond motifs is 1. The SMILES string of the molecule is COc1nc(N)nc2c1ncn2C1O[C@H](CO[P@@](=O)(N[C@H](C)C(=O)OC(C)C)SCC2CC(=O)N(C)C2=O)[C@@H](O)[C@@]1(C)O. The van der Waals surface area contributed by atoms with E-state index in [4.69, 9.17) is 24.5 Å². The van der Waals surface area contributed by atoms with Gasteiger partial charge in [-0.2, -0.15) is 9.97 Å². The number of amides is 2. The number of nitrogen functional groups attached to an aromatic ring is 1. The summed E-state index contributed by atoms with van der Waals surface area (Å²) in [6, 6.07) is -1.08. The quantitative estimate of drug-likeness (QED) is 0.137. The zero-order valence-corrected chi connectivity index (χ0v) is 26.2. The van der Waals surface area contributed by atoms with Crippen molar-refractivity contribution in [1.29, 1.82) is 0 Å². The van der Waals surface area contributed by atoms with Crippen molar-refractivity contribution in [1.82, 2.24) is 29.5 Å². The van der Waals surface area contributed by atoms with Crippen LogP contribution in [0.1, 0.15) is 40.3 Å². The number of imidazole rings is 1. The van der Waals surface area contributed by atoms with Gasteiger partial charge in [-0.3, -0.25) is 28.4 Å². The van der Waals surface area contributed by atoms with E-state index >= 15 is 0 Å². The minimum Gasteiger partial charge on any atom is -0.479 e. The van der Waals surface area contributed by atoms with Crippen LogP contribution in [0.3, 0.4) is 0 Å². The van der Waals surface area contributed by atoms with Crippen LogP contribution in [-0.4, -0.2) is 109 Å². The van der Waals surface area contributed by atoms with Crippen LogP contribution in [0.25, 0.3) is 11.2 Å². The number of nitrogens with two attached hydrogens (primary N) is 1. The van der Waals surface area contributed by atoms with Gasteiger partial charge in [0.25, 0.3) is 0 Å². The summed E-state index contributed by atoms with van der Waals surface area (Å²) < 4.78 is 37.5. The zero-order valence-electron chi connectivity index (χ0n) is 24.5. The highest BCUT2D eigenvalue weighted by atomic mass is 32.7. The number of rotatable bonds is 12. The summed E-state index contributed by atoms with van der Waals surface area (Å²) in [6.07, 6.45) is -3.16. The fraction of sp³-hybridized carbons (Fsp3) is 0.667. The van der Waals surface area contributed by atoms with Crippen molar-refractivity contribution in [3.63, 3.8) is 0 Å². The first-order valence-electron chi connectivity index (χ1n) is 13.4. The second-order valence-corrected chi connectivity index (χ2v) is 15.0. The van der Waals surface area contributed by atoms with Crippen LogP contribution in [0.4, 0.5) is 5.95 Å². The Morgan fingerprint density at radius 1 is 1.35 bits per heavy atom. The number of aliphatic hydroxyl groups excluding tert-OH is 1. The van der Waals surface area contributed by atoms with Gasteiger partial charge in [-0.25, -0.2) is 10.1 Å². The number of carbonyl (C=O) groups excluding carboxylic acids is 3. The smallest absolute Gasteiger partial charge is 0.327 e. The third-order valence-electron chi connectivity index (χ3n) is 6.99. The predicted octanol–water partition coefficient (Wildman–Crippen LogP) is 0.219. The minimum atomic E-state index is -4.01. The van der Waals surface area contributed by atoms with Crippen molar-refractivity contribution in [3.05, 3.63) is 6.33 Å². The second kappa shape index (κ2) is 12.6. The zero-order chi connectivity index (χ0) is 31.9. The van der Waals surface area contributed by atoms with E-state index in [-0.39, 0.29) is 41.1 Å². The first-order valence-corrected chi connectivity index (χ1v) is 16.6. The summed E-state index contributed by atoms with van der Waals surface area (Å²) in [6.45, 7) is 1.59. The normalized spacial score (nSPS) is 28.1. The van der Waals surface area contributed by atoms with E-state index in [1.54, 1.807) is 13.8 Å². The fourth-order valence-corrected chi connectivity index (χ4v) is 8.67. The summed E-state index contributed by atoms with van der Waals surface area (Å²) in [5.41, 5.74) is 4.30. The third kappa shape index (κ3) is 6.79. The molecule has 2 aromatic rings. The van der Waals surface area contributed by atoms with E-state index in [0.29, 0.717) is 0 Å². The average Bonchev–Trinajstić information content (AvgIpc) is 3.53. The highest BCUT2D eigenvalue weighted by Crippen LogP contribution is 2.58. The predicted molar refractivity (Wildman–Crippen MR) is 153 cm³/mol. The number of aromatic nitrogens is 4. The molecule has 0 spiro atoms. The van der Waals surface area contributed by atoms with Crippen molar-refractivity contribution < 1.29 is 47.9 Å². The van der Waals surface area contributed by atoms with Gasteiger partial charge in [0.15, 0.2) is 17.4 Å². The molecule has 2 aliphatic rings. The lowest BCUT2D eigenvalue weighted by Crippen LogP contribution is -2.44. The molecule has 0 radical (unpaired) electrons. The van der Waals surface area contributed by atoms with Crippen LogP contribution in [0.2, 0.25) is 0 Å². The molecule has 2 aliphatic heterocycles. The molecule has 2 amide bonds. The lowest BCUT2D eigenvalue weighted by molar-refractivity contribution is -0.149. The van der Waals surface area contributed by atoms with E-state index in [1.165, 1.54) is 38.9 Å². The van der Waals surface area contributed by atoms with E-state index in [9.17, 15) is 29.2 Å². The molecule has 0 bridgehead atoms. The lowest BCUT2D eigenvalue weighted by atomic mass is 9.96. The van der Waals surface area contributed by atoms with Gasteiger partial charge in [0.2, 0.25) is 23.6 Å². The van der Waals surface area contributed by atoms with E-state index in [0.717, 1.165) is 16.3 Å². The van der Waals surface area contributed by atoms with Crippen molar-refractivity contribution in [2.24, 2.45) is 5.92 Å². The minimum absolute atomic E-state index is 0.0520. The van der Waals surface area contributed by atoms with Gasteiger partial charge in [-0.1, -0.05) is 11.4 Å². The Hall–Kier alpha value is -2.86. The molecule has 7 atom stereocenters. The Balaban J connectivity index is 1.53. The number of imide groups is 1. The standard InChI is InChI=1S/C24H36N7O10PS/c1-11(2)40-21(35)12(3)29-42(37,43-9-13-7-15(32)30(5)20(13)34)39-8-14-17(33)24(4,36)22(41-14)31-10-26-16-18(31)27-23(25)28-19(16)38-6/h10-14,17,22,33,36H,7-9H2,1-6H3,(H,29,37)(H2,25,27,28)/t12-,13?,14-,17-,22?,24-,42+/m1/s1. The van der Waals surface area contributed by atoms with Gasteiger partial charge in [-0.15, -0.1) is 0 Å². The van der Waals surface area contributed by atoms with Crippen LogP contribution in [0, 0.1) is 5.92 Å². The second-order valence-electron chi connectivity index (χ2n) is 10.7. The maximum absolute atomic E-state index is 14.0. The maximum Gasteiger partial charge on any atom is 0.327 e. The first kappa shape index (κ1) is 33.0. The van der Waals surface area contributed by atoms with E-state index in [2.05, 4.69) is 20.0 Å². The number of anilines is 1. The number of esters is 1. The molecule has 2 unspecified atom stereocenters. The number of likely N-dealkylation sites (tertiary alicyclic amines) is 1. The third-order valence-corrected chi connectivity index (χ3v) is 11.2. The molecule has 2 saturated heterocycles. The molecule has 4 heterocycles. The number of ether oxygens (including phenoxy) is 3.